The molecule has 0 radical (unpaired) electrons. The summed E-state index contributed by atoms with van der Waals surface area (Å²) in [7, 11) is 0. The topological polar surface area (TPSA) is 46.5 Å². The van der Waals surface area contributed by atoms with E-state index in [1.54, 1.807) is 36.4 Å². The molecule has 0 saturated heterocycles. The number of ether oxygens (including phenoxy) is 1. The molecule has 0 saturated carbocycles. The van der Waals surface area contributed by atoms with Crippen molar-refractivity contribution in [2.75, 3.05) is 0 Å². The molecule has 0 aliphatic heterocycles. The number of carboxylic acid groups (broad SMARTS) is 1. The maximum atomic E-state index is 13.6. The molecule has 0 fully saturated rings. The van der Waals surface area contributed by atoms with Crippen molar-refractivity contribution in [2.24, 2.45) is 0 Å². The van der Waals surface area contributed by atoms with Crippen LogP contribution < -0.4 is 4.74 Å². The van der Waals surface area contributed by atoms with E-state index in [9.17, 15) is 9.18 Å². The molecule has 2 rings (SSSR count). The highest BCUT2D eigenvalue weighted by Gasteiger charge is 2.07. The van der Waals surface area contributed by atoms with Gasteiger partial charge in [0.1, 0.15) is 18.2 Å². The van der Waals surface area contributed by atoms with Gasteiger partial charge in [-0.15, -0.1) is 0 Å². The Morgan fingerprint density at radius 2 is 1.90 bits per heavy atom. The van der Waals surface area contributed by atoms with Crippen LogP contribution in [0.5, 0.6) is 5.75 Å². The third-order valence-corrected chi connectivity index (χ3v) is 3.35. The number of rotatable bonds is 6. The average Bonchev–Trinajstić information content (AvgIpc) is 2.46. The van der Waals surface area contributed by atoms with Gasteiger partial charge in [0.15, 0.2) is 0 Å². The molecule has 0 heterocycles. The third kappa shape index (κ3) is 4.46. The molecule has 0 aliphatic carbocycles. The van der Waals surface area contributed by atoms with Crippen LogP contribution in [0.2, 0.25) is 5.02 Å². The van der Waals surface area contributed by atoms with Crippen molar-refractivity contribution < 1.29 is 19.0 Å². The predicted molar refractivity (Wildman–Crippen MR) is 78.1 cm³/mol. The minimum Gasteiger partial charge on any atom is -0.489 e. The van der Waals surface area contributed by atoms with E-state index in [1.165, 1.54) is 6.07 Å². The summed E-state index contributed by atoms with van der Waals surface area (Å²) in [6.07, 6.45) is 0.555. The number of benzene rings is 2. The third-order valence-electron chi connectivity index (χ3n) is 3.00. The summed E-state index contributed by atoms with van der Waals surface area (Å²) in [4.78, 5) is 10.5. The highest BCUT2D eigenvalue weighted by atomic mass is 35.5. The van der Waals surface area contributed by atoms with Crippen LogP contribution in [0, 0.1) is 5.82 Å². The molecule has 0 bridgehead atoms. The van der Waals surface area contributed by atoms with Gasteiger partial charge in [-0.05, 0) is 36.2 Å². The molecular formula is C16H14ClFO3. The van der Waals surface area contributed by atoms with Crippen molar-refractivity contribution in [1.29, 1.82) is 0 Å². The zero-order valence-electron chi connectivity index (χ0n) is 11.2. The maximum Gasteiger partial charge on any atom is 0.303 e. The number of halogens is 2. The molecule has 1 N–H and O–H groups in total. The molecule has 5 heteroatoms. The molecule has 2 aromatic carbocycles. The Hall–Kier alpha value is -2.07. The van der Waals surface area contributed by atoms with E-state index in [-0.39, 0.29) is 13.0 Å². The molecule has 0 amide bonds. The molecular weight excluding hydrogens is 295 g/mol. The Labute approximate surface area is 126 Å². The fourth-order valence-electron chi connectivity index (χ4n) is 1.83. The van der Waals surface area contributed by atoms with Crippen molar-refractivity contribution in [1.82, 2.24) is 0 Å². The van der Waals surface area contributed by atoms with Crippen molar-refractivity contribution in [2.45, 2.75) is 19.4 Å². The first-order valence-corrected chi connectivity index (χ1v) is 6.80. The largest absolute Gasteiger partial charge is 0.489 e. The molecule has 0 atom stereocenters. The van der Waals surface area contributed by atoms with Gasteiger partial charge in [-0.25, -0.2) is 4.39 Å². The lowest BCUT2D eigenvalue weighted by Crippen LogP contribution is -2.00. The van der Waals surface area contributed by atoms with Crippen molar-refractivity contribution in [3.8, 4) is 5.75 Å². The van der Waals surface area contributed by atoms with Gasteiger partial charge >= 0.3 is 5.97 Å². The number of aliphatic carboxylic acids is 1. The van der Waals surface area contributed by atoms with Gasteiger partial charge in [-0.3, -0.25) is 4.79 Å². The Balaban J connectivity index is 1.96. The number of aryl methyl sites for hydroxylation is 1. The summed E-state index contributed by atoms with van der Waals surface area (Å²) in [6.45, 7) is 0.0416. The fourth-order valence-corrected chi connectivity index (χ4v) is 2.05. The molecule has 0 aromatic heterocycles. The van der Waals surface area contributed by atoms with E-state index < -0.39 is 11.8 Å². The first-order valence-electron chi connectivity index (χ1n) is 6.42. The number of carboxylic acids is 1. The van der Waals surface area contributed by atoms with E-state index in [2.05, 4.69) is 0 Å². The van der Waals surface area contributed by atoms with E-state index in [0.29, 0.717) is 22.8 Å². The van der Waals surface area contributed by atoms with Crippen molar-refractivity contribution >= 4 is 17.6 Å². The maximum absolute atomic E-state index is 13.6. The molecule has 2 aromatic rings. The van der Waals surface area contributed by atoms with Crippen LogP contribution in [-0.2, 0) is 17.8 Å². The van der Waals surface area contributed by atoms with Gasteiger partial charge in [0.2, 0.25) is 0 Å². The first-order chi connectivity index (χ1) is 10.1. The van der Waals surface area contributed by atoms with E-state index >= 15 is 0 Å². The van der Waals surface area contributed by atoms with Gasteiger partial charge in [0.05, 0.1) is 5.02 Å². The molecule has 0 aliphatic rings. The van der Waals surface area contributed by atoms with E-state index in [0.717, 1.165) is 5.56 Å². The zero-order chi connectivity index (χ0) is 15.2. The Morgan fingerprint density at radius 1 is 1.19 bits per heavy atom. The summed E-state index contributed by atoms with van der Waals surface area (Å²) in [5.74, 6) is -0.654. The molecule has 3 nitrogen and oxygen atoms in total. The van der Waals surface area contributed by atoms with Crippen LogP contribution in [0.4, 0.5) is 4.39 Å². The summed E-state index contributed by atoms with van der Waals surface area (Å²) >= 11 is 5.92. The second kappa shape index (κ2) is 7.09. The lowest BCUT2D eigenvalue weighted by atomic mass is 10.1. The number of hydrogen-bond acceptors (Lipinski definition) is 2. The van der Waals surface area contributed by atoms with Gasteiger partial charge in [0, 0.05) is 12.0 Å². The minimum absolute atomic E-state index is 0.0416. The number of hydrogen-bond donors (Lipinski definition) is 1. The monoisotopic (exact) mass is 308 g/mol. The summed E-state index contributed by atoms with van der Waals surface area (Å²) in [5, 5.41) is 8.95. The average molecular weight is 309 g/mol. The Morgan fingerprint density at radius 3 is 2.52 bits per heavy atom. The lowest BCUT2D eigenvalue weighted by Gasteiger charge is -2.09. The smallest absolute Gasteiger partial charge is 0.303 e. The van der Waals surface area contributed by atoms with Crippen LogP contribution in [0.1, 0.15) is 17.5 Å². The second-order valence-corrected chi connectivity index (χ2v) is 4.93. The SMILES string of the molecule is O=C(O)CCc1ccc(OCc2c(F)cccc2Cl)cc1. The van der Waals surface area contributed by atoms with Gasteiger partial charge in [-0.1, -0.05) is 29.8 Å². The number of carbonyl (C=O) groups is 1. The van der Waals surface area contributed by atoms with E-state index in [1.807, 2.05) is 0 Å². The van der Waals surface area contributed by atoms with Crippen LogP contribution >= 0.6 is 11.6 Å². The molecule has 21 heavy (non-hydrogen) atoms. The van der Waals surface area contributed by atoms with Crippen LogP contribution in [0.15, 0.2) is 42.5 Å². The van der Waals surface area contributed by atoms with Gasteiger partial charge < -0.3 is 9.84 Å². The zero-order valence-corrected chi connectivity index (χ0v) is 11.9. The van der Waals surface area contributed by atoms with Crippen molar-refractivity contribution in [3.05, 3.63) is 64.4 Å². The van der Waals surface area contributed by atoms with Gasteiger partial charge in [-0.2, -0.15) is 0 Å². The van der Waals surface area contributed by atoms with Crippen LogP contribution in [0.3, 0.4) is 0 Å². The standard InChI is InChI=1S/C16H14ClFO3/c17-14-2-1-3-15(18)13(14)10-21-12-7-4-11(5-8-12)6-9-16(19)20/h1-5,7-8H,6,9-10H2,(H,19,20). The van der Waals surface area contributed by atoms with Crippen LogP contribution in [0.25, 0.3) is 0 Å². The van der Waals surface area contributed by atoms with Crippen molar-refractivity contribution in [3.63, 3.8) is 0 Å². The normalized spacial score (nSPS) is 10.4. The Bertz CT molecular complexity index is 606. The Kier molecular flexibility index (Phi) is 5.17. The lowest BCUT2D eigenvalue weighted by molar-refractivity contribution is -0.136. The second-order valence-electron chi connectivity index (χ2n) is 4.53. The van der Waals surface area contributed by atoms with Gasteiger partial charge in [0.25, 0.3) is 0 Å². The molecule has 0 unspecified atom stereocenters. The molecule has 0 spiro atoms. The fraction of sp³-hybridized carbons (Fsp3) is 0.188. The van der Waals surface area contributed by atoms with Crippen LogP contribution in [-0.4, -0.2) is 11.1 Å². The highest BCUT2D eigenvalue weighted by Crippen LogP contribution is 2.21. The molecule has 110 valence electrons. The summed E-state index contributed by atoms with van der Waals surface area (Å²) < 4.78 is 19.1. The summed E-state index contributed by atoms with van der Waals surface area (Å²) in [5.41, 5.74) is 1.22. The van der Waals surface area contributed by atoms with E-state index in [4.69, 9.17) is 21.4 Å². The quantitative estimate of drug-likeness (QED) is 0.875. The summed E-state index contributed by atoms with van der Waals surface area (Å²) in [6, 6.07) is 11.5. The highest BCUT2D eigenvalue weighted by molar-refractivity contribution is 6.31. The minimum atomic E-state index is -0.829. The predicted octanol–water partition coefficient (Wildman–Crippen LogP) is 4.08. The first kappa shape index (κ1) is 15.3.